The normalized spacial score (nSPS) is 27.7. The van der Waals surface area contributed by atoms with Gasteiger partial charge < -0.3 is 34.4 Å². The molecule has 4 aliphatic rings. The van der Waals surface area contributed by atoms with Gasteiger partial charge in [0.1, 0.15) is 5.76 Å². The third-order valence-corrected chi connectivity index (χ3v) is 8.41. The van der Waals surface area contributed by atoms with Crippen molar-refractivity contribution in [3.63, 3.8) is 0 Å². The summed E-state index contributed by atoms with van der Waals surface area (Å²) in [6.07, 6.45) is -3.93. The zero-order valence-electron chi connectivity index (χ0n) is 22.6. The number of halogens is 3. The highest BCUT2D eigenvalue weighted by Gasteiger charge is 2.72. The number of aliphatic carboxylic acids is 1. The number of likely N-dealkylation sites (N-methyl/N-ethyl adjacent to an activating group) is 1. The standard InChI is InChI=1S/C27H27NO7.C2HF3O2/c1-15(29)33-22(16-6-4-3-5-7-16)25(31)34-19-10-11-27(32)20-14-17-8-9-18(30)23-21(17)26(27,24(19)35-23)12-13-28(20)2;3-2(4,5)1(6)7/h3-10,20,22,24,30,32H,11-14H2,1-2H3;(H,6,7)/t20?,22-,24-,26-,27-;/m0./s1. The van der Waals surface area contributed by atoms with Crippen LogP contribution in [0.25, 0.3) is 0 Å². The summed E-state index contributed by atoms with van der Waals surface area (Å²) in [6, 6.07) is 12.0. The van der Waals surface area contributed by atoms with Crippen molar-refractivity contribution in [2.75, 3.05) is 13.6 Å². The highest BCUT2D eigenvalue weighted by atomic mass is 19.4. The Balaban J connectivity index is 0.000000451. The molecule has 1 spiro atoms. The summed E-state index contributed by atoms with van der Waals surface area (Å²) in [5.74, 6) is -3.50. The van der Waals surface area contributed by atoms with Gasteiger partial charge >= 0.3 is 24.1 Å². The summed E-state index contributed by atoms with van der Waals surface area (Å²) in [7, 11) is 2.01. The maximum atomic E-state index is 13.3. The van der Waals surface area contributed by atoms with Gasteiger partial charge in [0.25, 0.3) is 0 Å². The molecule has 0 amide bonds. The van der Waals surface area contributed by atoms with Crippen LogP contribution in [0.5, 0.6) is 11.5 Å². The van der Waals surface area contributed by atoms with E-state index in [9.17, 15) is 33.0 Å². The molecule has 0 radical (unpaired) electrons. The molecule has 2 aliphatic carbocycles. The Hall–Kier alpha value is -4.10. The fourth-order valence-electron chi connectivity index (χ4n) is 6.65. The molecular formula is C29H28F3NO9. The van der Waals surface area contributed by atoms with Crippen molar-refractivity contribution in [2.24, 2.45) is 0 Å². The van der Waals surface area contributed by atoms with Crippen molar-refractivity contribution in [2.45, 2.75) is 61.6 Å². The number of hydrogen-bond acceptors (Lipinski definition) is 9. The number of alkyl halides is 3. The van der Waals surface area contributed by atoms with Crippen molar-refractivity contribution in [1.29, 1.82) is 0 Å². The first-order valence-corrected chi connectivity index (χ1v) is 13.1. The molecule has 2 aromatic carbocycles. The number of carbonyl (C=O) groups excluding carboxylic acids is 2. The van der Waals surface area contributed by atoms with Crippen LogP contribution in [0.15, 0.2) is 54.3 Å². The molecule has 42 heavy (non-hydrogen) atoms. The van der Waals surface area contributed by atoms with Crippen LogP contribution in [-0.2, 0) is 35.7 Å². The number of nitrogens with zero attached hydrogens (tertiary/aromatic N) is 1. The zero-order valence-corrected chi connectivity index (χ0v) is 22.6. The van der Waals surface area contributed by atoms with Crippen molar-refractivity contribution in [1.82, 2.24) is 4.90 Å². The monoisotopic (exact) mass is 591 g/mol. The number of aliphatic hydroxyl groups is 1. The average molecular weight is 592 g/mol. The minimum absolute atomic E-state index is 0.00000434. The number of carboxylic acids is 1. The van der Waals surface area contributed by atoms with E-state index in [0.29, 0.717) is 24.2 Å². The third-order valence-electron chi connectivity index (χ3n) is 8.41. The van der Waals surface area contributed by atoms with Gasteiger partial charge in [-0.2, -0.15) is 13.2 Å². The van der Waals surface area contributed by atoms with Crippen LogP contribution in [-0.4, -0.2) is 75.6 Å². The lowest BCUT2D eigenvalue weighted by Crippen LogP contribution is -2.74. The number of rotatable bonds is 4. The molecular weight excluding hydrogens is 563 g/mol. The maximum absolute atomic E-state index is 13.3. The molecule has 0 aromatic heterocycles. The van der Waals surface area contributed by atoms with Crippen molar-refractivity contribution >= 4 is 17.9 Å². The minimum Gasteiger partial charge on any atom is -0.504 e. The first-order valence-electron chi connectivity index (χ1n) is 13.1. The van der Waals surface area contributed by atoms with Gasteiger partial charge in [-0.1, -0.05) is 36.4 Å². The number of benzene rings is 2. The van der Waals surface area contributed by atoms with Crippen LogP contribution in [0.1, 0.15) is 42.6 Å². The first kappa shape index (κ1) is 29.4. The van der Waals surface area contributed by atoms with Crippen LogP contribution >= 0.6 is 0 Å². The van der Waals surface area contributed by atoms with E-state index in [4.69, 9.17) is 24.1 Å². The Morgan fingerprint density at radius 1 is 1.14 bits per heavy atom. The van der Waals surface area contributed by atoms with Crippen molar-refractivity contribution in [3.8, 4) is 11.5 Å². The predicted molar refractivity (Wildman–Crippen MR) is 137 cm³/mol. The van der Waals surface area contributed by atoms with Gasteiger partial charge in [0.2, 0.25) is 6.10 Å². The summed E-state index contributed by atoms with van der Waals surface area (Å²) in [6.45, 7) is 1.96. The molecule has 2 aliphatic heterocycles. The Labute approximate surface area is 237 Å². The molecule has 1 fully saturated rings. The first-order chi connectivity index (χ1) is 19.7. The minimum atomic E-state index is -5.08. The van der Waals surface area contributed by atoms with Crippen molar-refractivity contribution < 1.29 is 57.1 Å². The van der Waals surface area contributed by atoms with Gasteiger partial charge in [-0.3, -0.25) is 4.79 Å². The number of ether oxygens (including phenoxy) is 3. The molecule has 2 bridgehead atoms. The topological polar surface area (TPSA) is 143 Å². The molecule has 5 atom stereocenters. The van der Waals surface area contributed by atoms with E-state index in [1.54, 1.807) is 42.5 Å². The van der Waals surface area contributed by atoms with Crippen LogP contribution < -0.4 is 4.74 Å². The number of phenols is 1. The summed E-state index contributed by atoms with van der Waals surface area (Å²) in [4.78, 5) is 36.2. The number of carbonyl (C=O) groups is 3. The van der Waals surface area contributed by atoms with E-state index < -0.39 is 47.3 Å². The number of carboxylic acid groups (broad SMARTS) is 1. The molecule has 6 rings (SSSR count). The Bertz CT molecular complexity index is 1460. The summed E-state index contributed by atoms with van der Waals surface area (Å²) in [5.41, 5.74) is 0.319. The molecule has 3 N–H and O–H groups in total. The lowest BCUT2D eigenvalue weighted by Gasteiger charge is -2.61. The summed E-state index contributed by atoms with van der Waals surface area (Å²) >= 11 is 0. The Kier molecular flexibility index (Phi) is 7.22. The van der Waals surface area contributed by atoms with Gasteiger partial charge in [-0.25, -0.2) is 9.59 Å². The lowest BCUT2D eigenvalue weighted by molar-refractivity contribution is -0.192. The molecule has 1 saturated heterocycles. The smallest absolute Gasteiger partial charge is 0.490 e. The van der Waals surface area contributed by atoms with Crippen LogP contribution in [0.3, 0.4) is 0 Å². The van der Waals surface area contributed by atoms with Crippen LogP contribution in [0.2, 0.25) is 0 Å². The molecule has 10 nitrogen and oxygen atoms in total. The number of esters is 2. The molecule has 13 heteroatoms. The van der Waals surface area contributed by atoms with E-state index in [1.165, 1.54) is 6.92 Å². The van der Waals surface area contributed by atoms with Gasteiger partial charge in [-0.05, 0) is 44.1 Å². The quantitative estimate of drug-likeness (QED) is 0.454. The van der Waals surface area contributed by atoms with E-state index in [1.807, 2.05) is 13.1 Å². The largest absolute Gasteiger partial charge is 0.504 e. The van der Waals surface area contributed by atoms with E-state index >= 15 is 0 Å². The Morgan fingerprint density at radius 3 is 2.43 bits per heavy atom. The summed E-state index contributed by atoms with van der Waals surface area (Å²) < 4.78 is 49.2. The third kappa shape index (κ3) is 4.56. The zero-order chi connectivity index (χ0) is 30.6. The van der Waals surface area contributed by atoms with Gasteiger partial charge in [0.15, 0.2) is 17.6 Å². The molecule has 1 unspecified atom stereocenters. The van der Waals surface area contributed by atoms with Gasteiger partial charge in [0.05, 0.1) is 11.0 Å². The number of hydrogen-bond donors (Lipinski definition) is 3. The second-order valence-corrected chi connectivity index (χ2v) is 10.7. The molecule has 2 aromatic rings. The van der Waals surface area contributed by atoms with E-state index in [2.05, 4.69) is 4.90 Å². The lowest BCUT2D eigenvalue weighted by atomic mass is 9.50. The highest BCUT2D eigenvalue weighted by Crippen LogP contribution is 2.65. The Morgan fingerprint density at radius 2 is 1.81 bits per heavy atom. The highest BCUT2D eigenvalue weighted by molar-refractivity contribution is 5.81. The molecule has 0 saturated carbocycles. The number of aromatic hydroxyl groups is 1. The SMILES string of the molecule is CC(=O)O[C@H](C(=O)OC1=CC[C@]2(O)C3Cc4ccc(O)c5c4[C@@]2(CCN3C)[C@H]1O5)c1ccccc1.O=C(O)C(F)(F)F. The van der Waals surface area contributed by atoms with Crippen molar-refractivity contribution in [3.05, 3.63) is 71.0 Å². The van der Waals surface area contributed by atoms with Gasteiger partial charge in [0, 0.05) is 30.5 Å². The number of phenolic OH excluding ortho intramolecular Hbond substituents is 1. The fraction of sp³-hybridized carbons (Fsp3) is 0.414. The molecule has 2 heterocycles. The maximum Gasteiger partial charge on any atom is 0.490 e. The summed E-state index contributed by atoms with van der Waals surface area (Å²) in [5, 5.41) is 29.9. The second kappa shape index (κ2) is 10.3. The molecule has 224 valence electrons. The van der Waals surface area contributed by atoms with Crippen LogP contribution in [0.4, 0.5) is 13.2 Å². The fourth-order valence-corrected chi connectivity index (χ4v) is 6.65. The van der Waals surface area contributed by atoms with Crippen LogP contribution in [0, 0.1) is 0 Å². The number of piperidine rings is 1. The van der Waals surface area contributed by atoms with E-state index in [-0.39, 0.29) is 24.0 Å². The number of likely N-dealkylation sites (tertiary alicyclic amines) is 1. The second-order valence-electron chi connectivity index (χ2n) is 10.7. The average Bonchev–Trinajstić information content (AvgIpc) is 3.29. The van der Waals surface area contributed by atoms with E-state index in [0.717, 1.165) is 17.7 Å². The van der Waals surface area contributed by atoms with Gasteiger partial charge in [-0.15, -0.1) is 0 Å². The predicted octanol–water partition coefficient (Wildman–Crippen LogP) is 3.15.